The summed E-state index contributed by atoms with van der Waals surface area (Å²) in [6.07, 6.45) is 1.58. The Balaban J connectivity index is 1.66. The van der Waals surface area contributed by atoms with E-state index in [1.165, 1.54) is 12.4 Å². The quantitative estimate of drug-likeness (QED) is 0.786. The molecule has 1 atom stereocenters. The van der Waals surface area contributed by atoms with Crippen LogP contribution in [0.4, 0.5) is 8.78 Å². The smallest absolute Gasteiger partial charge is 0.138 e. The average molecular weight is 317 g/mol. The second-order valence-corrected chi connectivity index (χ2v) is 4.80. The number of hydrogen-bond acceptors (Lipinski definition) is 4. The fourth-order valence-electron chi connectivity index (χ4n) is 2.12. The Labute approximate surface area is 130 Å². The van der Waals surface area contributed by atoms with Gasteiger partial charge in [-0.05, 0) is 36.4 Å². The predicted octanol–water partition coefficient (Wildman–Crippen LogP) is 2.66. The Hall–Kier alpha value is -2.80. The van der Waals surface area contributed by atoms with Crippen LogP contribution in [-0.2, 0) is 0 Å². The first-order valence-electron chi connectivity index (χ1n) is 6.85. The normalized spacial score (nSPS) is 12.1. The van der Waals surface area contributed by atoms with Crippen LogP contribution in [0.5, 0.6) is 5.75 Å². The maximum Gasteiger partial charge on any atom is 0.138 e. The summed E-state index contributed by atoms with van der Waals surface area (Å²) in [5.41, 5.74) is 0.391. The minimum Gasteiger partial charge on any atom is -0.491 e. The molecule has 0 spiro atoms. The molecule has 1 N–H and O–H groups in total. The lowest BCUT2D eigenvalue weighted by Crippen LogP contribution is -2.13. The molecule has 23 heavy (non-hydrogen) atoms. The number of halogens is 2. The van der Waals surface area contributed by atoms with Crippen LogP contribution in [0, 0.1) is 11.6 Å². The molecule has 118 valence electrons. The summed E-state index contributed by atoms with van der Waals surface area (Å²) in [4.78, 5) is 3.85. The number of aliphatic hydroxyl groups is 1. The van der Waals surface area contributed by atoms with Gasteiger partial charge in [-0.15, -0.1) is 0 Å². The molecule has 0 saturated carbocycles. The lowest BCUT2D eigenvalue weighted by Gasteiger charge is -2.14. The second-order valence-electron chi connectivity index (χ2n) is 4.80. The highest BCUT2D eigenvalue weighted by Crippen LogP contribution is 2.22. The second kappa shape index (κ2) is 6.53. The van der Waals surface area contributed by atoms with E-state index in [0.29, 0.717) is 5.75 Å². The summed E-state index contributed by atoms with van der Waals surface area (Å²) in [5, 5.41) is 13.9. The van der Waals surface area contributed by atoms with Crippen molar-refractivity contribution in [1.29, 1.82) is 0 Å². The van der Waals surface area contributed by atoms with Crippen molar-refractivity contribution in [2.75, 3.05) is 6.61 Å². The largest absolute Gasteiger partial charge is 0.491 e. The minimum atomic E-state index is -1.40. The first-order chi connectivity index (χ1) is 11.1. The van der Waals surface area contributed by atoms with Crippen molar-refractivity contribution in [3.63, 3.8) is 0 Å². The highest BCUT2D eigenvalue weighted by Gasteiger charge is 2.18. The van der Waals surface area contributed by atoms with Gasteiger partial charge in [0, 0.05) is 0 Å². The van der Waals surface area contributed by atoms with Crippen molar-refractivity contribution in [3.05, 3.63) is 72.3 Å². The molecule has 5 nitrogen and oxygen atoms in total. The molecule has 0 radical (unpaired) electrons. The van der Waals surface area contributed by atoms with E-state index in [9.17, 15) is 13.9 Å². The molecular weight excluding hydrogens is 304 g/mol. The highest BCUT2D eigenvalue weighted by atomic mass is 19.1. The van der Waals surface area contributed by atoms with Gasteiger partial charge in [0.25, 0.3) is 0 Å². The van der Waals surface area contributed by atoms with E-state index in [4.69, 9.17) is 4.74 Å². The molecule has 7 heteroatoms. The number of nitrogens with zero attached hydrogens (tertiary/aromatic N) is 3. The van der Waals surface area contributed by atoms with E-state index in [1.807, 2.05) is 0 Å². The lowest BCUT2D eigenvalue weighted by molar-refractivity contribution is 0.101. The zero-order valence-electron chi connectivity index (χ0n) is 11.9. The van der Waals surface area contributed by atoms with Crippen molar-refractivity contribution >= 4 is 0 Å². The molecular formula is C16H13F2N3O2. The lowest BCUT2D eigenvalue weighted by atomic mass is 10.1. The van der Waals surface area contributed by atoms with Crippen LogP contribution < -0.4 is 4.74 Å². The topological polar surface area (TPSA) is 60.2 Å². The minimum absolute atomic E-state index is 0.263. The molecule has 1 aromatic heterocycles. The molecule has 0 amide bonds. The van der Waals surface area contributed by atoms with Crippen LogP contribution in [0.25, 0.3) is 5.69 Å². The molecule has 2 aromatic carbocycles. The molecule has 0 aliphatic rings. The summed E-state index contributed by atoms with van der Waals surface area (Å²) in [5.74, 6) is -1.14. The van der Waals surface area contributed by atoms with Crippen molar-refractivity contribution < 1.29 is 18.6 Å². The Morgan fingerprint density at radius 2 is 1.78 bits per heavy atom. The number of rotatable bonds is 5. The number of aliphatic hydroxyl groups excluding tert-OH is 1. The van der Waals surface area contributed by atoms with Crippen molar-refractivity contribution in [1.82, 2.24) is 14.8 Å². The first-order valence-corrected chi connectivity index (χ1v) is 6.85. The third-order valence-electron chi connectivity index (χ3n) is 3.26. The Morgan fingerprint density at radius 3 is 2.39 bits per heavy atom. The van der Waals surface area contributed by atoms with Gasteiger partial charge in [-0.2, -0.15) is 5.10 Å². The molecule has 0 saturated heterocycles. The zero-order chi connectivity index (χ0) is 16.2. The van der Waals surface area contributed by atoms with Gasteiger partial charge in [0.05, 0.1) is 11.3 Å². The van der Waals surface area contributed by atoms with Crippen LogP contribution in [0.3, 0.4) is 0 Å². The van der Waals surface area contributed by atoms with Gasteiger partial charge in [-0.3, -0.25) is 0 Å². The predicted molar refractivity (Wildman–Crippen MR) is 78.2 cm³/mol. The average Bonchev–Trinajstić information content (AvgIpc) is 3.08. The van der Waals surface area contributed by atoms with Crippen molar-refractivity contribution in [3.8, 4) is 11.4 Å². The van der Waals surface area contributed by atoms with E-state index in [1.54, 1.807) is 35.3 Å². The molecule has 0 aliphatic heterocycles. The Kier molecular flexibility index (Phi) is 4.29. The van der Waals surface area contributed by atoms with Gasteiger partial charge in [-0.25, -0.2) is 18.4 Å². The van der Waals surface area contributed by atoms with Gasteiger partial charge in [0.15, 0.2) is 0 Å². The maximum absolute atomic E-state index is 13.6. The monoisotopic (exact) mass is 317 g/mol. The Bertz CT molecular complexity index is 756. The maximum atomic E-state index is 13.6. The standard InChI is InChI=1S/C16H13F2N3O2/c17-13-2-1-3-14(18)16(13)15(22)8-23-12-6-4-11(5-7-12)21-10-19-9-20-21/h1-7,9-10,15,22H,8H2. The van der Waals surface area contributed by atoms with E-state index >= 15 is 0 Å². The number of ether oxygens (including phenoxy) is 1. The van der Waals surface area contributed by atoms with Gasteiger partial charge in [0.2, 0.25) is 0 Å². The van der Waals surface area contributed by atoms with Gasteiger partial charge >= 0.3 is 0 Å². The van der Waals surface area contributed by atoms with Crippen LogP contribution in [0.1, 0.15) is 11.7 Å². The summed E-state index contributed by atoms with van der Waals surface area (Å²) < 4.78 is 34.1. The third kappa shape index (κ3) is 3.35. The van der Waals surface area contributed by atoms with Crippen LogP contribution >= 0.6 is 0 Å². The first kappa shape index (κ1) is 15.1. The molecule has 3 rings (SSSR count). The van der Waals surface area contributed by atoms with Crippen molar-refractivity contribution in [2.45, 2.75) is 6.10 Å². The van der Waals surface area contributed by atoms with E-state index in [2.05, 4.69) is 10.1 Å². The van der Waals surface area contributed by atoms with E-state index in [-0.39, 0.29) is 6.61 Å². The number of aromatic nitrogens is 3. The van der Waals surface area contributed by atoms with Crippen LogP contribution in [-0.4, -0.2) is 26.5 Å². The number of benzene rings is 2. The third-order valence-corrected chi connectivity index (χ3v) is 3.26. The van der Waals surface area contributed by atoms with E-state index < -0.39 is 23.3 Å². The SMILES string of the molecule is OC(COc1ccc(-n2cncn2)cc1)c1c(F)cccc1F. The molecule has 0 aliphatic carbocycles. The molecule has 1 unspecified atom stereocenters. The fraction of sp³-hybridized carbons (Fsp3) is 0.125. The van der Waals surface area contributed by atoms with Crippen LogP contribution in [0.15, 0.2) is 55.1 Å². The summed E-state index contributed by atoms with van der Waals surface area (Å²) >= 11 is 0. The number of hydrogen-bond donors (Lipinski definition) is 1. The van der Waals surface area contributed by atoms with Crippen molar-refractivity contribution in [2.24, 2.45) is 0 Å². The molecule has 0 fully saturated rings. The molecule has 1 heterocycles. The van der Waals surface area contributed by atoms with E-state index in [0.717, 1.165) is 17.8 Å². The zero-order valence-corrected chi connectivity index (χ0v) is 11.9. The van der Waals surface area contributed by atoms with Gasteiger partial charge in [0.1, 0.15) is 42.7 Å². The fourth-order valence-corrected chi connectivity index (χ4v) is 2.12. The van der Waals surface area contributed by atoms with Gasteiger partial charge < -0.3 is 9.84 Å². The van der Waals surface area contributed by atoms with Crippen LogP contribution in [0.2, 0.25) is 0 Å². The van der Waals surface area contributed by atoms with Gasteiger partial charge in [-0.1, -0.05) is 6.07 Å². The summed E-state index contributed by atoms with van der Waals surface area (Å²) in [7, 11) is 0. The Morgan fingerprint density at radius 1 is 1.09 bits per heavy atom. The molecule has 0 bridgehead atoms. The summed E-state index contributed by atoms with van der Waals surface area (Å²) in [6.45, 7) is -0.263. The summed E-state index contributed by atoms with van der Waals surface area (Å²) in [6, 6.07) is 10.3. The highest BCUT2D eigenvalue weighted by molar-refractivity contribution is 5.36. The molecule has 3 aromatic rings.